The molecule has 1 amide bonds. The molecule has 3 aromatic heterocycles. The molecule has 1 atom stereocenters. The summed E-state index contributed by atoms with van der Waals surface area (Å²) in [6.07, 6.45) is 4.89. The second-order valence-electron chi connectivity index (χ2n) is 10.1. The summed E-state index contributed by atoms with van der Waals surface area (Å²) in [5.74, 6) is -1.72. The molecule has 0 aliphatic carbocycles. The van der Waals surface area contributed by atoms with Gasteiger partial charge < -0.3 is 10.1 Å². The van der Waals surface area contributed by atoms with Crippen LogP contribution in [-0.4, -0.2) is 31.7 Å². The van der Waals surface area contributed by atoms with Crippen molar-refractivity contribution in [3.63, 3.8) is 0 Å². The van der Waals surface area contributed by atoms with Crippen molar-refractivity contribution in [1.82, 2.24) is 15.0 Å². The number of benzene rings is 2. The molecule has 1 fully saturated rings. The van der Waals surface area contributed by atoms with E-state index in [-0.39, 0.29) is 16.7 Å². The molecule has 7 nitrogen and oxygen atoms in total. The zero-order valence-electron chi connectivity index (χ0n) is 20.5. The summed E-state index contributed by atoms with van der Waals surface area (Å²) in [6.45, 7) is 6.42. The largest absolute Gasteiger partial charge is 0.507 e. The number of aliphatic hydroxyl groups excluding tert-OH is 1. The predicted octanol–water partition coefficient (Wildman–Crippen LogP) is 6.10. The summed E-state index contributed by atoms with van der Waals surface area (Å²) < 4.78 is 0.922. The number of pyridine rings is 1. The maximum atomic E-state index is 13.5. The molecule has 8 heteroatoms. The van der Waals surface area contributed by atoms with E-state index in [1.54, 1.807) is 30.7 Å². The van der Waals surface area contributed by atoms with Crippen LogP contribution in [0.2, 0.25) is 0 Å². The van der Waals surface area contributed by atoms with Gasteiger partial charge >= 0.3 is 5.91 Å². The number of H-pyrrole nitrogens is 1. The standard InChI is InChI=1S/C29H24N4O3S/c1-29(2,3)17-10-11-21-22(13-17)37-28(32-21)33-24(16-7-6-12-30-14-16)23(26(35)27(33)36)25(34)19-15-31-20-9-5-4-8-18(19)20/h4-15,24,31,34H,1-3H3/b25-23+. The third-order valence-electron chi connectivity index (χ3n) is 6.74. The molecule has 1 aliphatic rings. The molecule has 0 radical (unpaired) electrons. The van der Waals surface area contributed by atoms with Gasteiger partial charge in [0.25, 0.3) is 5.78 Å². The Bertz CT molecular complexity index is 1730. The van der Waals surface area contributed by atoms with Crippen LogP contribution < -0.4 is 4.90 Å². The van der Waals surface area contributed by atoms with E-state index in [2.05, 4.69) is 36.8 Å². The molecular formula is C29H24N4O3S. The van der Waals surface area contributed by atoms with Crippen LogP contribution in [0.1, 0.15) is 43.5 Å². The number of rotatable bonds is 3. The first-order chi connectivity index (χ1) is 17.7. The number of nitrogens with zero attached hydrogens (tertiary/aromatic N) is 3. The van der Waals surface area contributed by atoms with E-state index in [9.17, 15) is 14.7 Å². The Morgan fingerprint density at radius 3 is 2.65 bits per heavy atom. The monoisotopic (exact) mass is 508 g/mol. The molecule has 2 aromatic carbocycles. The number of aromatic nitrogens is 3. The van der Waals surface area contributed by atoms with Gasteiger partial charge in [-0.1, -0.05) is 62.4 Å². The molecule has 1 aliphatic heterocycles. The van der Waals surface area contributed by atoms with Gasteiger partial charge in [-0.3, -0.25) is 19.5 Å². The maximum Gasteiger partial charge on any atom is 0.301 e. The van der Waals surface area contributed by atoms with E-state index < -0.39 is 17.7 Å². The van der Waals surface area contributed by atoms with Crippen molar-refractivity contribution in [2.45, 2.75) is 32.2 Å². The number of thiazole rings is 1. The zero-order chi connectivity index (χ0) is 25.9. The summed E-state index contributed by atoms with van der Waals surface area (Å²) in [6, 6.07) is 16.2. The van der Waals surface area contributed by atoms with E-state index in [0.29, 0.717) is 16.3 Å². The van der Waals surface area contributed by atoms with Crippen LogP contribution in [0.25, 0.3) is 26.9 Å². The third-order valence-corrected chi connectivity index (χ3v) is 7.76. The number of aromatic amines is 1. The minimum Gasteiger partial charge on any atom is -0.507 e. The second-order valence-corrected chi connectivity index (χ2v) is 11.1. The van der Waals surface area contributed by atoms with Crippen LogP contribution >= 0.6 is 11.3 Å². The fraction of sp³-hybridized carbons (Fsp3) is 0.172. The quantitative estimate of drug-likeness (QED) is 0.174. The van der Waals surface area contributed by atoms with E-state index in [1.165, 1.54) is 16.2 Å². The lowest BCUT2D eigenvalue weighted by Gasteiger charge is -2.22. The molecule has 1 saturated heterocycles. The molecule has 0 bridgehead atoms. The molecule has 0 spiro atoms. The highest BCUT2D eigenvalue weighted by atomic mass is 32.1. The third kappa shape index (κ3) is 3.72. The van der Waals surface area contributed by atoms with Gasteiger partial charge in [0.15, 0.2) is 5.13 Å². The zero-order valence-corrected chi connectivity index (χ0v) is 21.3. The molecule has 184 valence electrons. The van der Waals surface area contributed by atoms with Gasteiger partial charge in [-0.25, -0.2) is 4.98 Å². The van der Waals surface area contributed by atoms with Gasteiger partial charge in [0.05, 0.1) is 21.8 Å². The second kappa shape index (κ2) is 8.38. The Morgan fingerprint density at radius 2 is 1.89 bits per heavy atom. The number of amides is 1. The summed E-state index contributed by atoms with van der Waals surface area (Å²) in [4.78, 5) is 40.5. The molecule has 37 heavy (non-hydrogen) atoms. The molecular weight excluding hydrogens is 484 g/mol. The van der Waals surface area contributed by atoms with Crippen LogP contribution in [0.4, 0.5) is 5.13 Å². The van der Waals surface area contributed by atoms with E-state index in [4.69, 9.17) is 4.98 Å². The van der Waals surface area contributed by atoms with Crippen LogP contribution in [0.15, 0.2) is 78.8 Å². The number of carbonyl (C=O) groups excluding carboxylic acids is 2. The highest BCUT2D eigenvalue weighted by Gasteiger charge is 2.48. The van der Waals surface area contributed by atoms with Gasteiger partial charge in [0.2, 0.25) is 0 Å². The number of nitrogens with one attached hydrogen (secondary N) is 1. The number of hydrogen-bond donors (Lipinski definition) is 2. The first kappa shape index (κ1) is 23.1. The van der Waals surface area contributed by atoms with Crippen LogP contribution in [-0.2, 0) is 15.0 Å². The molecule has 1 unspecified atom stereocenters. The smallest absolute Gasteiger partial charge is 0.301 e. The Kier molecular flexibility index (Phi) is 5.24. The minimum atomic E-state index is -0.870. The first-order valence-corrected chi connectivity index (χ1v) is 12.7. The Morgan fingerprint density at radius 1 is 1.08 bits per heavy atom. The fourth-order valence-electron chi connectivity index (χ4n) is 4.78. The molecule has 4 heterocycles. The van der Waals surface area contributed by atoms with Crippen molar-refractivity contribution >= 4 is 55.0 Å². The highest BCUT2D eigenvalue weighted by molar-refractivity contribution is 7.22. The lowest BCUT2D eigenvalue weighted by Crippen LogP contribution is -2.29. The number of ketones is 1. The lowest BCUT2D eigenvalue weighted by atomic mass is 9.87. The van der Waals surface area contributed by atoms with Crippen molar-refractivity contribution in [2.75, 3.05) is 4.90 Å². The number of carbonyl (C=O) groups is 2. The van der Waals surface area contributed by atoms with Gasteiger partial charge in [-0.15, -0.1) is 0 Å². The van der Waals surface area contributed by atoms with Crippen LogP contribution in [0, 0.1) is 0 Å². The number of fused-ring (bicyclic) bond motifs is 2. The topological polar surface area (TPSA) is 99.2 Å². The Labute approximate surface area is 217 Å². The first-order valence-electron chi connectivity index (χ1n) is 11.9. The van der Waals surface area contributed by atoms with Gasteiger partial charge in [-0.05, 0) is 40.8 Å². The summed E-state index contributed by atoms with van der Waals surface area (Å²) in [7, 11) is 0. The number of aliphatic hydroxyl groups is 1. The average Bonchev–Trinajstić information content (AvgIpc) is 3.57. The van der Waals surface area contributed by atoms with Crippen molar-refractivity contribution in [3.8, 4) is 0 Å². The van der Waals surface area contributed by atoms with Gasteiger partial charge in [-0.2, -0.15) is 0 Å². The van der Waals surface area contributed by atoms with Crippen molar-refractivity contribution in [3.05, 3.63) is 95.5 Å². The number of Topliss-reactive ketones (excluding diaryl/α,β-unsaturated/α-hetero) is 1. The molecule has 5 aromatic rings. The molecule has 2 N–H and O–H groups in total. The minimum absolute atomic E-state index is 0.0115. The number of hydrogen-bond acceptors (Lipinski definition) is 6. The van der Waals surface area contributed by atoms with Crippen molar-refractivity contribution < 1.29 is 14.7 Å². The van der Waals surface area contributed by atoms with Crippen LogP contribution in [0.5, 0.6) is 0 Å². The molecule has 6 rings (SSSR count). The fourth-order valence-corrected chi connectivity index (χ4v) is 5.81. The van der Waals surface area contributed by atoms with Gasteiger partial charge in [0, 0.05) is 35.1 Å². The van der Waals surface area contributed by atoms with Crippen LogP contribution in [0.3, 0.4) is 0 Å². The summed E-state index contributed by atoms with van der Waals surface area (Å²) in [5, 5.41) is 12.6. The normalized spacial score (nSPS) is 17.8. The van der Waals surface area contributed by atoms with E-state index in [1.807, 2.05) is 36.4 Å². The number of para-hydroxylation sites is 1. The highest BCUT2D eigenvalue weighted by Crippen LogP contribution is 2.45. The Hall–Kier alpha value is -4.30. The van der Waals surface area contributed by atoms with Crippen molar-refractivity contribution in [1.29, 1.82) is 0 Å². The summed E-state index contributed by atoms with van der Waals surface area (Å²) >= 11 is 1.35. The lowest BCUT2D eigenvalue weighted by molar-refractivity contribution is -0.132. The predicted molar refractivity (Wildman–Crippen MR) is 146 cm³/mol. The Balaban J connectivity index is 1.55. The summed E-state index contributed by atoms with van der Waals surface area (Å²) in [5.41, 5.74) is 3.75. The SMILES string of the molecule is CC(C)(C)c1ccc2nc(N3C(=O)C(=O)/C(=C(/O)c4c[nH]c5ccccc45)C3c3cccnc3)sc2c1. The van der Waals surface area contributed by atoms with E-state index >= 15 is 0 Å². The van der Waals surface area contributed by atoms with E-state index in [0.717, 1.165) is 26.7 Å². The van der Waals surface area contributed by atoms with Crippen molar-refractivity contribution in [2.24, 2.45) is 0 Å². The molecule has 0 saturated carbocycles. The maximum absolute atomic E-state index is 13.5. The van der Waals surface area contributed by atoms with Gasteiger partial charge in [0.1, 0.15) is 5.76 Å². The number of anilines is 1. The average molecular weight is 509 g/mol.